The summed E-state index contributed by atoms with van der Waals surface area (Å²) in [6.07, 6.45) is 0.644. The van der Waals surface area contributed by atoms with Crippen LogP contribution in [0.5, 0.6) is 11.5 Å². The second-order valence-corrected chi connectivity index (χ2v) is 6.06. The zero-order valence-corrected chi connectivity index (χ0v) is 15.1. The van der Waals surface area contributed by atoms with Crippen molar-refractivity contribution < 1.29 is 24.2 Å². The third-order valence-corrected chi connectivity index (χ3v) is 3.75. The zero-order chi connectivity index (χ0) is 18.9. The van der Waals surface area contributed by atoms with Crippen molar-refractivity contribution in [1.29, 1.82) is 0 Å². The van der Waals surface area contributed by atoms with Crippen molar-refractivity contribution in [2.24, 2.45) is 0 Å². The van der Waals surface area contributed by atoms with Crippen molar-refractivity contribution in [1.82, 2.24) is 5.32 Å². The summed E-state index contributed by atoms with van der Waals surface area (Å²) in [5, 5.41) is 12.0. The second kappa shape index (κ2) is 9.68. The van der Waals surface area contributed by atoms with Gasteiger partial charge in [-0.05, 0) is 54.8 Å². The molecule has 0 spiro atoms. The molecule has 138 valence electrons. The lowest BCUT2D eigenvalue weighted by Gasteiger charge is -2.10. The number of hydrogen-bond acceptors (Lipinski definition) is 4. The number of hydrogen-bond donors (Lipinski definition) is 2. The minimum Gasteiger partial charge on any atom is -0.484 e. The van der Waals surface area contributed by atoms with E-state index in [2.05, 4.69) is 5.32 Å². The van der Waals surface area contributed by atoms with Crippen molar-refractivity contribution in [2.45, 2.75) is 13.3 Å². The van der Waals surface area contributed by atoms with E-state index in [1.54, 1.807) is 30.3 Å². The maximum absolute atomic E-state index is 11.9. The van der Waals surface area contributed by atoms with Crippen molar-refractivity contribution >= 4 is 23.5 Å². The number of carboxylic acids is 1. The van der Waals surface area contributed by atoms with Gasteiger partial charge in [0.25, 0.3) is 5.91 Å². The first kappa shape index (κ1) is 19.6. The zero-order valence-electron chi connectivity index (χ0n) is 14.3. The topological polar surface area (TPSA) is 84.9 Å². The van der Waals surface area contributed by atoms with Gasteiger partial charge >= 0.3 is 5.97 Å². The first-order valence-electron chi connectivity index (χ1n) is 8.03. The SMILES string of the molecule is Cc1cc(Cl)ccc1OCC(=O)NCCc1ccc(OCC(=O)O)cc1. The Balaban J connectivity index is 1.70. The molecule has 0 aliphatic carbocycles. The standard InChI is InChI=1S/C19H20ClNO5/c1-13-10-15(20)4-7-17(13)26-11-18(22)21-9-8-14-2-5-16(6-3-14)25-12-19(23)24/h2-7,10H,8-9,11-12H2,1H3,(H,21,22)(H,23,24). The summed E-state index contributed by atoms with van der Waals surface area (Å²) in [5.74, 6) is -0.109. The summed E-state index contributed by atoms with van der Waals surface area (Å²) in [7, 11) is 0. The van der Waals surface area contributed by atoms with Gasteiger partial charge in [0.15, 0.2) is 13.2 Å². The lowest BCUT2D eigenvalue weighted by molar-refractivity contribution is -0.139. The van der Waals surface area contributed by atoms with Crippen molar-refractivity contribution in [2.75, 3.05) is 19.8 Å². The Kier molecular flexibility index (Phi) is 7.29. The van der Waals surface area contributed by atoms with E-state index < -0.39 is 5.97 Å². The third kappa shape index (κ3) is 6.64. The molecule has 0 fully saturated rings. The van der Waals surface area contributed by atoms with Gasteiger partial charge < -0.3 is 19.9 Å². The number of halogens is 1. The van der Waals surface area contributed by atoms with E-state index in [1.807, 2.05) is 19.1 Å². The number of ether oxygens (including phenoxy) is 2. The number of carbonyl (C=O) groups excluding carboxylic acids is 1. The molecule has 0 unspecified atom stereocenters. The number of benzene rings is 2. The molecule has 0 saturated heterocycles. The average Bonchev–Trinajstić information content (AvgIpc) is 2.60. The van der Waals surface area contributed by atoms with Crippen LogP contribution >= 0.6 is 11.6 Å². The van der Waals surface area contributed by atoms with E-state index in [1.165, 1.54) is 0 Å². The summed E-state index contributed by atoms with van der Waals surface area (Å²) < 4.78 is 10.5. The Labute approximate surface area is 156 Å². The highest BCUT2D eigenvalue weighted by molar-refractivity contribution is 6.30. The summed E-state index contributed by atoms with van der Waals surface area (Å²) in [4.78, 5) is 22.3. The van der Waals surface area contributed by atoms with Crippen LogP contribution in [0.25, 0.3) is 0 Å². The Morgan fingerprint density at radius 1 is 1.08 bits per heavy atom. The highest BCUT2D eigenvalue weighted by atomic mass is 35.5. The summed E-state index contributed by atoms with van der Waals surface area (Å²) >= 11 is 5.88. The van der Waals surface area contributed by atoms with E-state index in [4.69, 9.17) is 26.2 Å². The molecule has 2 rings (SSSR count). The maximum Gasteiger partial charge on any atom is 0.341 e. The summed E-state index contributed by atoms with van der Waals surface area (Å²) in [6, 6.07) is 12.3. The molecular weight excluding hydrogens is 358 g/mol. The molecule has 0 bridgehead atoms. The fraction of sp³-hybridized carbons (Fsp3) is 0.263. The van der Waals surface area contributed by atoms with Crippen molar-refractivity contribution in [3.8, 4) is 11.5 Å². The molecule has 0 aliphatic rings. The van der Waals surface area contributed by atoms with Gasteiger partial charge in [0.2, 0.25) is 0 Å². The van der Waals surface area contributed by atoms with Crippen molar-refractivity contribution in [3.63, 3.8) is 0 Å². The van der Waals surface area contributed by atoms with Gasteiger partial charge in [-0.15, -0.1) is 0 Å². The molecule has 0 atom stereocenters. The molecular formula is C19H20ClNO5. The normalized spacial score (nSPS) is 10.2. The van der Waals surface area contributed by atoms with Crippen LogP contribution in [0.3, 0.4) is 0 Å². The van der Waals surface area contributed by atoms with Crippen LogP contribution in [0, 0.1) is 6.92 Å². The van der Waals surface area contributed by atoms with Gasteiger partial charge in [-0.1, -0.05) is 23.7 Å². The van der Waals surface area contributed by atoms with Crippen LogP contribution in [-0.4, -0.2) is 36.7 Å². The highest BCUT2D eigenvalue weighted by Crippen LogP contribution is 2.21. The van der Waals surface area contributed by atoms with Crippen LogP contribution in [0.4, 0.5) is 0 Å². The number of carbonyl (C=O) groups is 2. The van der Waals surface area contributed by atoms with Gasteiger partial charge in [-0.25, -0.2) is 4.79 Å². The molecule has 0 aliphatic heterocycles. The smallest absolute Gasteiger partial charge is 0.341 e. The number of rotatable bonds is 9. The van der Waals surface area contributed by atoms with Crippen LogP contribution < -0.4 is 14.8 Å². The molecule has 0 radical (unpaired) electrons. The Morgan fingerprint density at radius 3 is 2.46 bits per heavy atom. The van der Waals surface area contributed by atoms with Crippen molar-refractivity contribution in [3.05, 3.63) is 58.6 Å². The molecule has 7 heteroatoms. The lowest BCUT2D eigenvalue weighted by atomic mass is 10.1. The van der Waals surface area contributed by atoms with Gasteiger partial charge in [0.1, 0.15) is 11.5 Å². The predicted octanol–water partition coefficient (Wildman–Crippen LogP) is 2.85. The minimum absolute atomic E-state index is 0.0650. The van der Waals surface area contributed by atoms with E-state index >= 15 is 0 Å². The molecule has 0 aromatic heterocycles. The van der Waals surface area contributed by atoms with E-state index in [-0.39, 0.29) is 19.1 Å². The Morgan fingerprint density at radius 2 is 1.81 bits per heavy atom. The van der Waals surface area contributed by atoms with Gasteiger partial charge in [-0.3, -0.25) is 4.79 Å². The van der Waals surface area contributed by atoms with E-state index in [0.29, 0.717) is 29.5 Å². The highest BCUT2D eigenvalue weighted by Gasteiger charge is 2.05. The Hall–Kier alpha value is -2.73. The summed E-state index contributed by atoms with van der Waals surface area (Å²) in [5.41, 5.74) is 1.87. The van der Waals surface area contributed by atoms with E-state index in [9.17, 15) is 9.59 Å². The predicted molar refractivity (Wildman–Crippen MR) is 98.0 cm³/mol. The first-order valence-corrected chi connectivity index (χ1v) is 8.41. The maximum atomic E-state index is 11.9. The molecule has 2 aromatic rings. The van der Waals surface area contributed by atoms with E-state index in [0.717, 1.165) is 11.1 Å². The molecule has 2 aromatic carbocycles. The fourth-order valence-corrected chi connectivity index (χ4v) is 2.44. The molecule has 0 heterocycles. The van der Waals surface area contributed by atoms with Gasteiger partial charge in [0, 0.05) is 11.6 Å². The fourth-order valence-electron chi connectivity index (χ4n) is 2.21. The monoisotopic (exact) mass is 377 g/mol. The number of nitrogens with one attached hydrogen (secondary N) is 1. The van der Waals surface area contributed by atoms with Crippen LogP contribution in [0.2, 0.25) is 5.02 Å². The quantitative estimate of drug-likeness (QED) is 0.702. The molecule has 2 N–H and O–H groups in total. The minimum atomic E-state index is -1.02. The lowest BCUT2D eigenvalue weighted by Crippen LogP contribution is -2.30. The van der Waals surface area contributed by atoms with Crippen LogP contribution in [0.15, 0.2) is 42.5 Å². The van der Waals surface area contributed by atoms with Gasteiger partial charge in [-0.2, -0.15) is 0 Å². The third-order valence-electron chi connectivity index (χ3n) is 3.52. The number of carboxylic acid groups (broad SMARTS) is 1. The molecule has 6 nitrogen and oxygen atoms in total. The molecule has 0 saturated carbocycles. The first-order chi connectivity index (χ1) is 12.4. The van der Waals surface area contributed by atoms with Gasteiger partial charge in [0.05, 0.1) is 0 Å². The Bertz CT molecular complexity index is 761. The number of aliphatic carboxylic acids is 1. The summed E-state index contributed by atoms with van der Waals surface area (Å²) in [6.45, 7) is 1.90. The average molecular weight is 378 g/mol. The second-order valence-electron chi connectivity index (χ2n) is 5.62. The number of aryl methyl sites for hydroxylation is 1. The number of amides is 1. The largest absolute Gasteiger partial charge is 0.484 e. The van der Waals surface area contributed by atoms with Crippen LogP contribution in [0.1, 0.15) is 11.1 Å². The molecule has 1 amide bonds. The van der Waals surface area contributed by atoms with Crippen LogP contribution in [-0.2, 0) is 16.0 Å². The molecule has 26 heavy (non-hydrogen) atoms.